The lowest BCUT2D eigenvalue weighted by Crippen LogP contribution is -2.37. The molecule has 0 bridgehead atoms. The minimum atomic E-state index is 0.0349. The summed E-state index contributed by atoms with van der Waals surface area (Å²) < 4.78 is 5.49. The van der Waals surface area contributed by atoms with Gasteiger partial charge < -0.3 is 9.84 Å². The summed E-state index contributed by atoms with van der Waals surface area (Å²) in [5, 5.41) is 7.49. The van der Waals surface area contributed by atoms with Crippen molar-refractivity contribution in [3.8, 4) is 0 Å². The minimum Gasteiger partial charge on any atom is -0.339 e. The van der Waals surface area contributed by atoms with Gasteiger partial charge in [-0.1, -0.05) is 42.4 Å². The van der Waals surface area contributed by atoms with Crippen molar-refractivity contribution >= 4 is 0 Å². The summed E-state index contributed by atoms with van der Waals surface area (Å²) in [4.78, 5) is 4.60. The summed E-state index contributed by atoms with van der Waals surface area (Å²) in [6.07, 6.45) is 2.85. The molecule has 0 spiro atoms. The zero-order chi connectivity index (χ0) is 13.1. The van der Waals surface area contributed by atoms with Gasteiger partial charge in [-0.05, 0) is 31.5 Å². The lowest BCUT2D eigenvalue weighted by Gasteiger charge is -2.30. The highest BCUT2D eigenvalue weighted by molar-refractivity contribution is 5.19. The molecule has 4 nitrogen and oxygen atoms in total. The summed E-state index contributed by atoms with van der Waals surface area (Å²) in [7, 11) is 0. The fourth-order valence-electron chi connectivity index (χ4n) is 2.54. The number of aromatic nitrogens is 2. The van der Waals surface area contributed by atoms with Gasteiger partial charge in [0.2, 0.25) is 5.89 Å². The van der Waals surface area contributed by atoms with Gasteiger partial charge in [0.15, 0.2) is 5.82 Å². The van der Waals surface area contributed by atoms with Crippen LogP contribution in [0.3, 0.4) is 0 Å². The first kappa shape index (κ1) is 12.4. The lowest BCUT2D eigenvalue weighted by atomic mass is 9.81. The van der Waals surface area contributed by atoms with Gasteiger partial charge in [-0.25, -0.2) is 0 Å². The number of hydrogen-bond donors (Lipinski definition) is 1. The third-order valence-electron chi connectivity index (χ3n) is 3.90. The van der Waals surface area contributed by atoms with E-state index in [9.17, 15) is 0 Å². The van der Waals surface area contributed by atoms with Crippen LogP contribution < -0.4 is 5.32 Å². The summed E-state index contributed by atoms with van der Waals surface area (Å²) in [6.45, 7) is 4.26. The normalized spacial score (nSPS) is 18.4. The minimum absolute atomic E-state index is 0.0349. The maximum atomic E-state index is 5.49. The average Bonchev–Trinajstić information content (AvgIpc) is 2.90. The van der Waals surface area contributed by atoms with Gasteiger partial charge in [-0.3, -0.25) is 0 Å². The molecular formula is C15H19N3O. The second kappa shape index (κ2) is 5.13. The Kier molecular flexibility index (Phi) is 3.34. The summed E-state index contributed by atoms with van der Waals surface area (Å²) in [5.41, 5.74) is 1.25. The van der Waals surface area contributed by atoms with Gasteiger partial charge in [-0.2, -0.15) is 4.98 Å². The Labute approximate surface area is 113 Å². The van der Waals surface area contributed by atoms with Crippen molar-refractivity contribution in [2.75, 3.05) is 13.1 Å². The van der Waals surface area contributed by atoms with Crippen molar-refractivity contribution in [3.63, 3.8) is 0 Å². The highest BCUT2D eigenvalue weighted by atomic mass is 16.5. The number of nitrogens with zero attached hydrogens (tertiary/aromatic N) is 2. The number of nitrogens with one attached hydrogen (secondary N) is 1. The Balaban J connectivity index is 1.76. The molecule has 2 aromatic rings. The monoisotopic (exact) mass is 257 g/mol. The molecule has 1 saturated heterocycles. The summed E-state index contributed by atoms with van der Waals surface area (Å²) in [6, 6.07) is 10.3. The third-order valence-corrected chi connectivity index (χ3v) is 3.90. The Bertz CT molecular complexity index is 529. The Hall–Kier alpha value is -1.68. The van der Waals surface area contributed by atoms with Gasteiger partial charge in [0.25, 0.3) is 0 Å². The van der Waals surface area contributed by atoms with E-state index in [4.69, 9.17) is 4.52 Å². The molecule has 2 heterocycles. The van der Waals surface area contributed by atoms with Gasteiger partial charge >= 0.3 is 0 Å². The fraction of sp³-hybridized carbons (Fsp3) is 0.467. The van der Waals surface area contributed by atoms with E-state index in [2.05, 4.69) is 34.5 Å². The van der Waals surface area contributed by atoms with Crippen LogP contribution >= 0.6 is 0 Å². The maximum Gasteiger partial charge on any atom is 0.232 e. The fourth-order valence-corrected chi connectivity index (χ4v) is 2.54. The van der Waals surface area contributed by atoms with Gasteiger partial charge in [0.05, 0.1) is 0 Å². The molecule has 19 heavy (non-hydrogen) atoms. The van der Waals surface area contributed by atoms with Crippen LogP contribution in [0.15, 0.2) is 34.9 Å². The van der Waals surface area contributed by atoms with E-state index in [0.717, 1.165) is 44.1 Å². The summed E-state index contributed by atoms with van der Waals surface area (Å²) in [5.74, 6) is 1.57. The van der Waals surface area contributed by atoms with Crippen molar-refractivity contribution in [1.29, 1.82) is 0 Å². The van der Waals surface area contributed by atoms with E-state index < -0.39 is 0 Å². The molecule has 0 saturated carbocycles. The molecule has 0 atom stereocenters. The number of rotatable bonds is 3. The smallest absolute Gasteiger partial charge is 0.232 e. The van der Waals surface area contributed by atoms with Crippen molar-refractivity contribution in [3.05, 3.63) is 47.6 Å². The number of hydrogen-bond acceptors (Lipinski definition) is 4. The van der Waals surface area contributed by atoms with Gasteiger partial charge in [0.1, 0.15) is 0 Å². The predicted molar refractivity (Wildman–Crippen MR) is 73.0 cm³/mol. The molecule has 0 radical (unpaired) electrons. The molecule has 1 aliphatic heterocycles. The number of benzene rings is 1. The van der Waals surface area contributed by atoms with E-state index in [-0.39, 0.29) is 5.41 Å². The second-order valence-electron chi connectivity index (χ2n) is 5.49. The quantitative estimate of drug-likeness (QED) is 0.916. The van der Waals surface area contributed by atoms with Crippen molar-refractivity contribution in [2.24, 2.45) is 0 Å². The van der Waals surface area contributed by atoms with E-state index in [1.54, 1.807) is 0 Å². The maximum absolute atomic E-state index is 5.49. The molecule has 100 valence electrons. The van der Waals surface area contributed by atoms with E-state index in [1.165, 1.54) is 5.56 Å². The molecule has 1 N–H and O–H groups in total. The number of piperidine rings is 1. The Morgan fingerprint density at radius 2 is 1.95 bits per heavy atom. The van der Waals surface area contributed by atoms with Crippen LogP contribution in [-0.2, 0) is 11.8 Å². The zero-order valence-electron chi connectivity index (χ0n) is 11.2. The molecule has 1 aromatic heterocycles. The van der Waals surface area contributed by atoms with Crippen molar-refractivity contribution in [1.82, 2.24) is 15.5 Å². The topological polar surface area (TPSA) is 51.0 Å². The summed E-state index contributed by atoms with van der Waals surface area (Å²) >= 11 is 0. The first-order valence-corrected chi connectivity index (χ1v) is 6.84. The molecule has 1 aromatic carbocycles. The molecular weight excluding hydrogens is 238 g/mol. The van der Waals surface area contributed by atoms with Gasteiger partial charge in [0, 0.05) is 11.8 Å². The van der Waals surface area contributed by atoms with E-state index >= 15 is 0 Å². The SMILES string of the molecule is CC1(c2nc(Cc3ccccc3)no2)CCNCC1. The predicted octanol–water partition coefficient (Wildman–Crippen LogP) is 2.30. The molecule has 3 rings (SSSR count). The molecule has 4 heteroatoms. The Morgan fingerprint density at radius 3 is 2.68 bits per heavy atom. The van der Waals surface area contributed by atoms with E-state index in [0.29, 0.717) is 0 Å². The van der Waals surface area contributed by atoms with Crippen LogP contribution in [0.25, 0.3) is 0 Å². The highest BCUT2D eigenvalue weighted by Gasteiger charge is 2.34. The van der Waals surface area contributed by atoms with Crippen LogP contribution in [0.5, 0.6) is 0 Å². The molecule has 1 fully saturated rings. The van der Waals surface area contributed by atoms with Crippen LogP contribution in [0, 0.1) is 0 Å². The third kappa shape index (κ3) is 2.68. The highest BCUT2D eigenvalue weighted by Crippen LogP contribution is 2.31. The molecule has 1 aliphatic rings. The standard InChI is InChI=1S/C15H19N3O/c1-15(7-9-16-10-8-15)14-17-13(18-19-14)11-12-5-3-2-4-6-12/h2-6,16H,7-11H2,1H3. The first-order chi connectivity index (χ1) is 9.26. The van der Waals surface area contributed by atoms with E-state index in [1.807, 2.05) is 18.2 Å². The van der Waals surface area contributed by atoms with Crippen LogP contribution in [0.4, 0.5) is 0 Å². The van der Waals surface area contributed by atoms with Crippen LogP contribution in [-0.4, -0.2) is 23.2 Å². The largest absolute Gasteiger partial charge is 0.339 e. The van der Waals surface area contributed by atoms with Crippen molar-refractivity contribution < 1.29 is 4.52 Å². The molecule has 0 amide bonds. The lowest BCUT2D eigenvalue weighted by molar-refractivity contribution is 0.240. The second-order valence-corrected chi connectivity index (χ2v) is 5.49. The van der Waals surface area contributed by atoms with Crippen LogP contribution in [0.1, 0.15) is 37.0 Å². The average molecular weight is 257 g/mol. The zero-order valence-corrected chi connectivity index (χ0v) is 11.2. The Morgan fingerprint density at radius 1 is 1.21 bits per heavy atom. The molecule has 0 aliphatic carbocycles. The van der Waals surface area contributed by atoms with Crippen molar-refractivity contribution in [2.45, 2.75) is 31.6 Å². The van der Waals surface area contributed by atoms with Crippen LogP contribution in [0.2, 0.25) is 0 Å². The first-order valence-electron chi connectivity index (χ1n) is 6.84. The molecule has 0 unspecified atom stereocenters. The van der Waals surface area contributed by atoms with Gasteiger partial charge in [-0.15, -0.1) is 0 Å².